The number of aromatic nitrogens is 4. The van der Waals surface area contributed by atoms with E-state index >= 15 is 0 Å². The van der Waals surface area contributed by atoms with Gasteiger partial charge in [0.2, 0.25) is 5.95 Å². The van der Waals surface area contributed by atoms with Crippen molar-refractivity contribution in [3.05, 3.63) is 30.5 Å². The van der Waals surface area contributed by atoms with Crippen molar-refractivity contribution in [2.75, 3.05) is 19.0 Å². The second-order valence-electron chi connectivity index (χ2n) is 4.66. The second kappa shape index (κ2) is 5.78. The lowest BCUT2D eigenvalue weighted by Crippen LogP contribution is -2.05. The first-order valence-electron chi connectivity index (χ1n) is 6.92. The number of ether oxygens (including phenoxy) is 1. The average molecular weight is 283 g/mol. The molecular formula is C15H17N5O. The normalized spacial score (nSPS) is 10.8. The molecule has 0 aliphatic carbocycles. The summed E-state index contributed by atoms with van der Waals surface area (Å²) in [5.74, 6) is 1.37. The summed E-state index contributed by atoms with van der Waals surface area (Å²) in [6, 6.07) is 7.80. The molecule has 0 spiro atoms. The first-order chi connectivity index (χ1) is 10.3. The van der Waals surface area contributed by atoms with Crippen molar-refractivity contribution < 1.29 is 4.74 Å². The SMILES string of the molecule is CCCNc1nc(-c2ccccc2OC)c2cn[nH]c2n1. The summed E-state index contributed by atoms with van der Waals surface area (Å²) in [5.41, 5.74) is 2.45. The Morgan fingerprint density at radius 3 is 2.90 bits per heavy atom. The molecule has 0 aliphatic heterocycles. The van der Waals surface area contributed by atoms with Gasteiger partial charge in [0.05, 0.1) is 24.4 Å². The third-order valence-electron chi connectivity index (χ3n) is 3.20. The number of methoxy groups -OCH3 is 1. The minimum atomic E-state index is 0.592. The summed E-state index contributed by atoms with van der Waals surface area (Å²) in [5, 5.41) is 11.1. The summed E-state index contributed by atoms with van der Waals surface area (Å²) in [6.45, 7) is 2.92. The molecule has 108 valence electrons. The highest BCUT2D eigenvalue weighted by Gasteiger charge is 2.14. The highest BCUT2D eigenvalue weighted by atomic mass is 16.5. The number of fused-ring (bicyclic) bond motifs is 1. The zero-order chi connectivity index (χ0) is 14.7. The van der Waals surface area contributed by atoms with Crippen LogP contribution < -0.4 is 10.1 Å². The van der Waals surface area contributed by atoms with Crippen LogP contribution in [0.25, 0.3) is 22.3 Å². The van der Waals surface area contributed by atoms with Crippen molar-refractivity contribution in [2.45, 2.75) is 13.3 Å². The summed E-state index contributed by atoms with van der Waals surface area (Å²) in [6.07, 6.45) is 2.75. The van der Waals surface area contributed by atoms with E-state index in [9.17, 15) is 0 Å². The first-order valence-corrected chi connectivity index (χ1v) is 6.92. The molecule has 0 saturated heterocycles. The maximum Gasteiger partial charge on any atom is 0.225 e. The van der Waals surface area contributed by atoms with Gasteiger partial charge in [0.15, 0.2) is 5.65 Å². The molecule has 3 aromatic rings. The van der Waals surface area contributed by atoms with Gasteiger partial charge < -0.3 is 10.1 Å². The van der Waals surface area contributed by atoms with Gasteiger partial charge in [0, 0.05) is 12.1 Å². The molecule has 0 saturated carbocycles. The number of H-pyrrole nitrogens is 1. The predicted octanol–water partition coefficient (Wildman–Crippen LogP) is 2.85. The second-order valence-corrected chi connectivity index (χ2v) is 4.66. The van der Waals surface area contributed by atoms with Crippen molar-refractivity contribution in [3.8, 4) is 17.0 Å². The van der Waals surface area contributed by atoms with E-state index in [-0.39, 0.29) is 0 Å². The van der Waals surface area contributed by atoms with E-state index in [1.165, 1.54) is 0 Å². The van der Waals surface area contributed by atoms with Gasteiger partial charge in [-0.1, -0.05) is 19.1 Å². The van der Waals surface area contributed by atoms with E-state index in [0.717, 1.165) is 35.4 Å². The van der Waals surface area contributed by atoms with E-state index in [2.05, 4.69) is 32.4 Å². The van der Waals surface area contributed by atoms with Gasteiger partial charge in [-0.05, 0) is 18.6 Å². The first kappa shape index (κ1) is 13.4. The topological polar surface area (TPSA) is 75.7 Å². The number of hydrogen-bond donors (Lipinski definition) is 2. The highest BCUT2D eigenvalue weighted by Crippen LogP contribution is 2.32. The zero-order valence-electron chi connectivity index (χ0n) is 12.1. The van der Waals surface area contributed by atoms with Gasteiger partial charge in [0.25, 0.3) is 0 Å². The quantitative estimate of drug-likeness (QED) is 0.753. The monoisotopic (exact) mass is 283 g/mol. The minimum absolute atomic E-state index is 0.592. The van der Waals surface area contributed by atoms with Crippen molar-refractivity contribution in [3.63, 3.8) is 0 Å². The maximum absolute atomic E-state index is 5.43. The fourth-order valence-corrected chi connectivity index (χ4v) is 2.20. The standard InChI is InChI=1S/C15H17N5O/c1-3-8-16-15-18-13(11-9-17-20-14(11)19-15)10-6-4-5-7-12(10)21-2/h4-7,9H,3,8H2,1-2H3,(H2,16,17,18,19,20). The number of hydrogen-bond acceptors (Lipinski definition) is 5. The largest absolute Gasteiger partial charge is 0.496 e. The van der Waals surface area contributed by atoms with E-state index in [0.29, 0.717) is 11.6 Å². The molecule has 0 bridgehead atoms. The maximum atomic E-state index is 5.43. The summed E-state index contributed by atoms with van der Waals surface area (Å²) >= 11 is 0. The van der Waals surface area contributed by atoms with Crippen LogP contribution in [0.2, 0.25) is 0 Å². The Kier molecular flexibility index (Phi) is 3.68. The van der Waals surface area contributed by atoms with Crippen LogP contribution in [0.1, 0.15) is 13.3 Å². The number of rotatable bonds is 5. The molecular weight excluding hydrogens is 266 g/mol. The van der Waals surface area contributed by atoms with Crippen LogP contribution in [0.4, 0.5) is 5.95 Å². The van der Waals surface area contributed by atoms with Crippen LogP contribution in [-0.4, -0.2) is 33.8 Å². The summed E-state index contributed by atoms with van der Waals surface area (Å²) < 4.78 is 5.43. The van der Waals surface area contributed by atoms with E-state index in [4.69, 9.17) is 4.74 Å². The Bertz CT molecular complexity index is 753. The number of para-hydroxylation sites is 1. The molecule has 2 N–H and O–H groups in total. The Balaban J connectivity index is 2.17. The molecule has 6 nitrogen and oxygen atoms in total. The predicted molar refractivity (Wildman–Crippen MR) is 82.5 cm³/mol. The third kappa shape index (κ3) is 2.52. The molecule has 0 atom stereocenters. The number of aromatic amines is 1. The molecule has 0 unspecified atom stereocenters. The van der Waals surface area contributed by atoms with Crippen LogP contribution in [0.15, 0.2) is 30.5 Å². The van der Waals surface area contributed by atoms with Crippen molar-refractivity contribution >= 4 is 17.0 Å². The summed E-state index contributed by atoms with van der Waals surface area (Å²) in [7, 11) is 1.66. The Labute approximate surface area is 122 Å². The molecule has 6 heteroatoms. The minimum Gasteiger partial charge on any atom is -0.496 e. The van der Waals surface area contributed by atoms with E-state index < -0.39 is 0 Å². The van der Waals surface area contributed by atoms with E-state index in [1.54, 1.807) is 13.3 Å². The van der Waals surface area contributed by atoms with Crippen LogP contribution in [0.3, 0.4) is 0 Å². The Morgan fingerprint density at radius 2 is 2.10 bits per heavy atom. The zero-order valence-corrected chi connectivity index (χ0v) is 12.1. The fourth-order valence-electron chi connectivity index (χ4n) is 2.20. The van der Waals surface area contributed by atoms with Crippen molar-refractivity contribution in [1.82, 2.24) is 20.2 Å². The fraction of sp³-hybridized carbons (Fsp3) is 0.267. The molecule has 21 heavy (non-hydrogen) atoms. The van der Waals surface area contributed by atoms with Gasteiger partial charge in [-0.15, -0.1) is 0 Å². The number of nitrogens with zero attached hydrogens (tertiary/aromatic N) is 3. The number of benzene rings is 1. The third-order valence-corrected chi connectivity index (χ3v) is 3.20. The summed E-state index contributed by atoms with van der Waals surface area (Å²) in [4.78, 5) is 9.06. The molecule has 0 aliphatic rings. The van der Waals surface area contributed by atoms with Gasteiger partial charge in [0.1, 0.15) is 5.75 Å². The molecule has 1 aromatic carbocycles. The smallest absolute Gasteiger partial charge is 0.225 e. The highest BCUT2D eigenvalue weighted by molar-refractivity contribution is 5.92. The lowest BCUT2D eigenvalue weighted by molar-refractivity contribution is 0.416. The van der Waals surface area contributed by atoms with Crippen LogP contribution in [0, 0.1) is 0 Å². The Morgan fingerprint density at radius 1 is 1.24 bits per heavy atom. The number of nitrogens with one attached hydrogen (secondary N) is 2. The van der Waals surface area contributed by atoms with Gasteiger partial charge in [-0.2, -0.15) is 10.1 Å². The van der Waals surface area contributed by atoms with Crippen molar-refractivity contribution in [1.29, 1.82) is 0 Å². The van der Waals surface area contributed by atoms with Crippen LogP contribution >= 0.6 is 0 Å². The molecule has 0 radical (unpaired) electrons. The van der Waals surface area contributed by atoms with Crippen LogP contribution in [0.5, 0.6) is 5.75 Å². The van der Waals surface area contributed by atoms with Gasteiger partial charge >= 0.3 is 0 Å². The molecule has 2 aromatic heterocycles. The van der Waals surface area contributed by atoms with Crippen LogP contribution in [-0.2, 0) is 0 Å². The molecule has 0 amide bonds. The average Bonchev–Trinajstić information content (AvgIpc) is 3.00. The van der Waals surface area contributed by atoms with Gasteiger partial charge in [-0.25, -0.2) is 4.98 Å². The lowest BCUT2D eigenvalue weighted by atomic mass is 10.1. The van der Waals surface area contributed by atoms with Crippen molar-refractivity contribution in [2.24, 2.45) is 0 Å². The Hall–Kier alpha value is -2.63. The lowest BCUT2D eigenvalue weighted by Gasteiger charge is -2.10. The molecule has 3 rings (SSSR count). The van der Waals surface area contributed by atoms with Gasteiger partial charge in [-0.3, -0.25) is 5.10 Å². The van der Waals surface area contributed by atoms with E-state index in [1.807, 2.05) is 24.3 Å². The number of anilines is 1. The molecule has 2 heterocycles. The molecule has 0 fully saturated rings.